The number of aromatic nitrogens is 1. The monoisotopic (exact) mass is 417 g/mol. The van der Waals surface area contributed by atoms with Gasteiger partial charge in [0.25, 0.3) is 0 Å². The maximum Gasteiger partial charge on any atom is 0.414 e. The molecule has 1 aromatic heterocycles. The molecule has 0 aliphatic rings. The Kier molecular flexibility index (Phi) is 10.2. The topological polar surface area (TPSA) is 146 Å². The first-order valence-corrected chi connectivity index (χ1v) is 8.75. The lowest BCUT2D eigenvalue weighted by atomic mass is 10.2. The maximum absolute atomic E-state index is 12.0. The number of aliphatic carboxylic acids is 2. The summed E-state index contributed by atoms with van der Waals surface area (Å²) in [7, 11) is 3.22. The third-order valence-electron chi connectivity index (χ3n) is 3.66. The number of benzene rings is 1. The molecule has 1 heterocycles. The summed E-state index contributed by atoms with van der Waals surface area (Å²) in [6.45, 7) is 1.03. The zero-order chi connectivity index (χ0) is 22.5. The van der Waals surface area contributed by atoms with E-state index in [0.717, 1.165) is 18.7 Å². The standard InChI is InChI=1S/C18H21N3O3.C2H2O4/c1-21(12-10-15-5-3-4-11-19-15)13-17(22)20-16-8-6-14(7-9-16)18(23)24-2;3-1(4)2(5)6/h3-9,11H,10,12-13H2,1-2H3,(H,20,22);(H,3,4)(H,5,6). The summed E-state index contributed by atoms with van der Waals surface area (Å²) in [5, 5.41) is 17.6. The molecule has 30 heavy (non-hydrogen) atoms. The summed E-state index contributed by atoms with van der Waals surface area (Å²) in [5.41, 5.74) is 2.09. The fourth-order valence-corrected chi connectivity index (χ4v) is 2.18. The Morgan fingerprint density at radius 3 is 2.17 bits per heavy atom. The number of nitrogens with zero attached hydrogens (tertiary/aromatic N) is 2. The van der Waals surface area contributed by atoms with Crippen molar-refractivity contribution in [2.45, 2.75) is 6.42 Å². The van der Waals surface area contributed by atoms with Crippen LogP contribution in [0.5, 0.6) is 0 Å². The highest BCUT2D eigenvalue weighted by Gasteiger charge is 2.09. The van der Waals surface area contributed by atoms with E-state index in [0.29, 0.717) is 11.3 Å². The minimum absolute atomic E-state index is 0.107. The van der Waals surface area contributed by atoms with Crippen LogP contribution in [0.3, 0.4) is 0 Å². The van der Waals surface area contributed by atoms with Gasteiger partial charge in [0.2, 0.25) is 5.91 Å². The van der Waals surface area contributed by atoms with Crippen LogP contribution in [-0.2, 0) is 25.5 Å². The second-order valence-corrected chi connectivity index (χ2v) is 6.04. The quantitative estimate of drug-likeness (QED) is 0.446. The fraction of sp³-hybridized carbons (Fsp3) is 0.250. The average Bonchev–Trinajstić information content (AvgIpc) is 2.73. The van der Waals surface area contributed by atoms with Crippen LogP contribution < -0.4 is 5.32 Å². The lowest BCUT2D eigenvalue weighted by Gasteiger charge is -2.16. The Labute approximate surface area is 173 Å². The summed E-state index contributed by atoms with van der Waals surface area (Å²) in [6, 6.07) is 12.4. The highest BCUT2D eigenvalue weighted by molar-refractivity contribution is 6.27. The third kappa shape index (κ3) is 9.42. The zero-order valence-corrected chi connectivity index (χ0v) is 16.6. The predicted octanol–water partition coefficient (Wildman–Crippen LogP) is 1.14. The van der Waals surface area contributed by atoms with Crippen LogP contribution >= 0.6 is 0 Å². The van der Waals surface area contributed by atoms with Crippen molar-refractivity contribution < 1.29 is 34.1 Å². The van der Waals surface area contributed by atoms with Crippen molar-refractivity contribution in [1.82, 2.24) is 9.88 Å². The summed E-state index contributed by atoms with van der Waals surface area (Å²) in [4.78, 5) is 47.8. The molecule has 0 spiro atoms. The number of hydrogen-bond donors (Lipinski definition) is 3. The van der Waals surface area contributed by atoms with Crippen molar-refractivity contribution >= 4 is 29.5 Å². The van der Waals surface area contributed by atoms with Gasteiger partial charge in [-0.1, -0.05) is 6.07 Å². The number of rotatable bonds is 7. The SMILES string of the molecule is COC(=O)c1ccc(NC(=O)CN(C)CCc2ccccn2)cc1.O=C(O)C(=O)O. The Morgan fingerprint density at radius 2 is 1.67 bits per heavy atom. The number of methoxy groups -OCH3 is 1. The van der Waals surface area contributed by atoms with E-state index in [1.54, 1.807) is 30.5 Å². The molecule has 1 aromatic carbocycles. The van der Waals surface area contributed by atoms with Crippen LogP contribution in [0.1, 0.15) is 16.1 Å². The van der Waals surface area contributed by atoms with Crippen LogP contribution in [0.25, 0.3) is 0 Å². The second kappa shape index (κ2) is 12.6. The summed E-state index contributed by atoms with van der Waals surface area (Å²) >= 11 is 0. The number of esters is 1. The lowest BCUT2D eigenvalue weighted by Crippen LogP contribution is -2.31. The summed E-state index contributed by atoms with van der Waals surface area (Å²) in [6.07, 6.45) is 2.55. The van der Waals surface area contributed by atoms with Crippen molar-refractivity contribution in [2.75, 3.05) is 32.6 Å². The van der Waals surface area contributed by atoms with Crippen LogP contribution in [0.2, 0.25) is 0 Å². The molecule has 0 fully saturated rings. The van der Waals surface area contributed by atoms with Crippen LogP contribution in [0, 0.1) is 0 Å². The molecule has 2 rings (SSSR count). The molecule has 0 unspecified atom stereocenters. The van der Waals surface area contributed by atoms with Gasteiger partial charge < -0.3 is 20.3 Å². The van der Waals surface area contributed by atoms with Crippen molar-refractivity contribution in [2.24, 2.45) is 0 Å². The Bertz CT molecular complexity index is 842. The number of ether oxygens (including phenoxy) is 1. The van der Waals surface area contributed by atoms with Gasteiger partial charge in [-0.15, -0.1) is 0 Å². The minimum Gasteiger partial charge on any atom is -0.473 e. The van der Waals surface area contributed by atoms with Gasteiger partial charge in [-0.2, -0.15) is 0 Å². The normalized spacial score (nSPS) is 9.83. The molecule has 0 radical (unpaired) electrons. The summed E-state index contributed by atoms with van der Waals surface area (Å²) < 4.78 is 4.64. The van der Waals surface area contributed by atoms with E-state index in [1.165, 1.54) is 7.11 Å². The number of pyridine rings is 1. The van der Waals surface area contributed by atoms with Crippen LogP contribution in [0.4, 0.5) is 5.69 Å². The van der Waals surface area contributed by atoms with Crippen molar-refractivity contribution in [3.63, 3.8) is 0 Å². The smallest absolute Gasteiger partial charge is 0.414 e. The zero-order valence-electron chi connectivity index (χ0n) is 16.6. The van der Waals surface area contributed by atoms with E-state index in [9.17, 15) is 9.59 Å². The third-order valence-corrected chi connectivity index (χ3v) is 3.66. The first kappa shape index (κ1) is 24.2. The molecule has 0 bridgehead atoms. The van der Waals surface area contributed by atoms with Gasteiger partial charge in [-0.05, 0) is 43.4 Å². The fourth-order valence-electron chi connectivity index (χ4n) is 2.18. The largest absolute Gasteiger partial charge is 0.473 e. The molecule has 0 saturated heterocycles. The van der Waals surface area contributed by atoms with Crippen molar-refractivity contribution in [3.05, 3.63) is 59.9 Å². The minimum atomic E-state index is -1.82. The van der Waals surface area contributed by atoms with Crippen LogP contribution in [-0.4, -0.2) is 71.2 Å². The Balaban J connectivity index is 0.000000656. The van der Waals surface area contributed by atoms with E-state index < -0.39 is 17.9 Å². The number of likely N-dealkylation sites (N-methyl/N-ethyl adjacent to an activating group) is 1. The highest BCUT2D eigenvalue weighted by atomic mass is 16.5. The van der Waals surface area contributed by atoms with Crippen molar-refractivity contribution in [1.29, 1.82) is 0 Å². The number of amides is 1. The molecule has 10 heteroatoms. The second-order valence-electron chi connectivity index (χ2n) is 6.04. The van der Waals surface area contributed by atoms with Gasteiger partial charge in [0.1, 0.15) is 0 Å². The molecule has 0 aliphatic heterocycles. The van der Waals surface area contributed by atoms with Gasteiger partial charge in [0, 0.05) is 30.5 Å². The molecule has 0 atom stereocenters. The first-order valence-electron chi connectivity index (χ1n) is 8.75. The Morgan fingerprint density at radius 1 is 1.03 bits per heavy atom. The highest BCUT2D eigenvalue weighted by Crippen LogP contribution is 2.10. The van der Waals surface area contributed by atoms with E-state index >= 15 is 0 Å². The summed E-state index contributed by atoms with van der Waals surface area (Å²) in [5.74, 6) is -4.16. The molecule has 160 valence electrons. The number of anilines is 1. The van der Waals surface area contributed by atoms with Crippen LogP contribution in [0.15, 0.2) is 48.7 Å². The molecule has 0 aliphatic carbocycles. The molecule has 3 N–H and O–H groups in total. The molecular weight excluding hydrogens is 394 g/mol. The van der Waals surface area contributed by atoms with Gasteiger partial charge in [0.05, 0.1) is 19.2 Å². The van der Waals surface area contributed by atoms with E-state index in [1.807, 2.05) is 30.1 Å². The molecule has 10 nitrogen and oxygen atoms in total. The number of nitrogens with one attached hydrogen (secondary N) is 1. The number of carboxylic acids is 2. The van der Waals surface area contributed by atoms with E-state index in [2.05, 4.69) is 15.0 Å². The first-order chi connectivity index (χ1) is 14.2. The lowest BCUT2D eigenvalue weighted by molar-refractivity contribution is -0.159. The number of hydrogen-bond acceptors (Lipinski definition) is 7. The number of carbonyl (C=O) groups is 4. The molecule has 0 saturated carbocycles. The Hall–Kier alpha value is -3.79. The van der Waals surface area contributed by atoms with Gasteiger partial charge in [-0.3, -0.25) is 14.7 Å². The van der Waals surface area contributed by atoms with Crippen molar-refractivity contribution in [3.8, 4) is 0 Å². The molecule has 2 aromatic rings. The number of carbonyl (C=O) groups excluding carboxylic acids is 2. The molecule has 1 amide bonds. The van der Waals surface area contributed by atoms with E-state index in [4.69, 9.17) is 19.8 Å². The van der Waals surface area contributed by atoms with Gasteiger partial charge in [-0.25, -0.2) is 14.4 Å². The predicted molar refractivity (Wildman–Crippen MR) is 107 cm³/mol. The van der Waals surface area contributed by atoms with E-state index in [-0.39, 0.29) is 12.5 Å². The average molecular weight is 417 g/mol. The molecular formula is C20H23N3O7. The number of carboxylic acid groups (broad SMARTS) is 2. The van der Waals surface area contributed by atoms with Gasteiger partial charge in [0.15, 0.2) is 0 Å². The van der Waals surface area contributed by atoms with Gasteiger partial charge >= 0.3 is 17.9 Å². The maximum atomic E-state index is 12.0.